The summed E-state index contributed by atoms with van der Waals surface area (Å²) in [7, 11) is 0. The van der Waals surface area contributed by atoms with Crippen LogP contribution in [-0.4, -0.2) is 43.9 Å². The van der Waals surface area contributed by atoms with E-state index in [-0.39, 0.29) is 5.56 Å². The van der Waals surface area contributed by atoms with Gasteiger partial charge in [-0.25, -0.2) is 8.78 Å². The van der Waals surface area contributed by atoms with E-state index in [1.807, 2.05) is 0 Å². The van der Waals surface area contributed by atoms with Crippen LogP contribution in [0.5, 0.6) is 5.75 Å². The molecular formula is C13H15F5N2O. The molecule has 0 radical (unpaired) electrons. The Kier molecular flexibility index (Phi) is 5.00. The maximum atomic E-state index is 13.3. The second-order valence-electron chi connectivity index (χ2n) is 4.69. The van der Waals surface area contributed by atoms with Crippen molar-refractivity contribution in [3.8, 4) is 5.75 Å². The van der Waals surface area contributed by atoms with Crippen LogP contribution in [0.4, 0.5) is 22.0 Å². The number of benzene rings is 1. The van der Waals surface area contributed by atoms with E-state index in [2.05, 4.69) is 10.1 Å². The van der Waals surface area contributed by atoms with E-state index < -0.39 is 24.6 Å². The molecule has 2 rings (SSSR count). The fourth-order valence-electron chi connectivity index (χ4n) is 2.37. The molecule has 0 unspecified atom stereocenters. The lowest BCUT2D eigenvalue weighted by Gasteiger charge is -2.34. The first-order valence-electron chi connectivity index (χ1n) is 6.45. The van der Waals surface area contributed by atoms with Gasteiger partial charge in [-0.2, -0.15) is 0 Å². The van der Waals surface area contributed by atoms with Gasteiger partial charge in [-0.3, -0.25) is 4.90 Å². The molecule has 8 heteroatoms. The molecule has 0 aliphatic carbocycles. The molecule has 1 aromatic carbocycles. The summed E-state index contributed by atoms with van der Waals surface area (Å²) in [5, 5.41) is 3.04. The topological polar surface area (TPSA) is 24.5 Å². The first-order chi connectivity index (χ1) is 9.87. The smallest absolute Gasteiger partial charge is 0.406 e. The monoisotopic (exact) mass is 310 g/mol. The highest BCUT2D eigenvalue weighted by Crippen LogP contribution is 2.31. The van der Waals surface area contributed by atoms with Crippen molar-refractivity contribution >= 4 is 0 Å². The molecule has 1 saturated heterocycles. The normalized spacial score (nSPS) is 18.8. The Balaban J connectivity index is 2.21. The Morgan fingerprint density at radius 2 is 1.81 bits per heavy atom. The number of hydrogen-bond donors (Lipinski definition) is 1. The number of nitrogens with one attached hydrogen (secondary N) is 1. The first-order valence-corrected chi connectivity index (χ1v) is 6.45. The zero-order valence-electron chi connectivity index (χ0n) is 11.0. The van der Waals surface area contributed by atoms with E-state index in [1.54, 1.807) is 4.90 Å². The molecule has 0 aromatic heterocycles. The van der Waals surface area contributed by atoms with Gasteiger partial charge in [-0.05, 0) is 17.7 Å². The number of rotatable bonds is 4. The van der Waals surface area contributed by atoms with Gasteiger partial charge in [0.25, 0.3) is 6.43 Å². The third-order valence-corrected chi connectivity index (χ3v) is 3.22. The van der Waals surface area contributed by atoms with Gasteiger partial charge in [0, 0.05) is 26.2 Å². The van der Waals surface area contributed by atoms with Crippen LogP contribution >= 0.6 is 0 Å². The van der Waals surface area contributed by atoms with Crippen molar-refractivity contribution in [3.63, 3.8) is 0 Å². The number of hydrogen-bond acceptors (Lipinski definition) is 3. The van der Waals surface area contributed by atoms with Crippen LogP contribution in [0.2, 0.25) is 0 Å². The molecule has 118 valence electrons. The van der Waals surface area contributed by atoms with Crippen LogP contribution in [0.3, 0.4) is 0 Å². The van der Waals surface area contributed by atoms with Crippen LogP contribution in [-0.2, 0) is 0 Å². The number of alkyl halides is 5. The maximum Gasteiger partial charge on any atom is 0.573 e. The molecule has 1 atom stereocenters. The molecule has 0 amide bonds. The summed E-state index contributed by atoms with van der Waals surface area (Å²) in [6.45, 7) is 1.97. The molecule has 0 spiro atoms. The Morgan fingerprint density at radius 1 is 1.14 bits per heavy atom. The molecule has 1 heterocycles. The van der Waals surface area contributed by atoms with Gasteiger partial charge in [-0.15, -0.1) is 13.2 Å². The van der Waals surface area contributed by atoms with Crippen molar-refractivity contribution < 1.29 is 26.7 Å². The van der Waals surface area contributed by atoms with E-state index in [0.29, 0.717) is 26.2 Å². The highest BCUT2D eigenvalue weighted by atomic mass is 19.4. The third kappa shape index (κ3) is 4.53. The standard InChI is InChI=1S/C13H15F5N2O/c14-12(15)11(20-6-4-19-5-7-20)9-2-1-3-10(8-9)21-13(16,17)18/h1-3,8,11-12,19H,4-7H2/t11-/m0/s1. The second kappa shape index (κ2) is 6.57. The molecule has 1 fully saturated rings. The summed E-state index contributed by atoms with van der Waals surface area (Å²) in [6.07, 6.45) is -7.53. The molecule has 1 aliphatic heterocycles. The fourth-order valence-corrected chi connectivity index (χ4v) is 2.37. The third-order valence-electron chi connectivity index (χ3n) is 3.22. The lowest BCUT2D eigenvalue weighted by Crippen LogP contribution is -2.46. The molecular weight excluding hydrogens is 295 g/mol. The van der Waals surface area contributed by atoms with Gasteiger partial charge >= 0.3 is 6.36 Å². The molecule has 1 N–H and O–H groups in total. The number of nitrogens with zero attached hydrogens (tertiary/aromatic N) is 1. The molecule has 21 heavy (non-hydrogen) atoms. The Hall–Kier alpha value is -1.41. The van der Waals surface area contributed by atoms with Crippen molar-refractivity contribution in [2.45, 2.75) is 18.8 Å². The van der Waals surface area contributed by atoms with Crippen molar-refractivity contribution in [3.05, 3.63) is 29.8 Å². The van der Waals surface area contributed by atoms with E-state index in [0.717, 1.165) is 12.1 Å². The molecule has 1 aromatic rings. The Morgan fingerprint density at radius 3 is 2.38 bits per heavy atom. The average Bonchev–Trinajstić information content (AvgIpc) is 2.38. The molecule has 1 aliphatic rings. The first kappa shape index (κ1) is 16.0. The van der Waals surface area contributed by atoms with E-state index >= 15 is 0 Å². The van der Waals surface area contributed by atoms with Crippen molar-refractivity contribution in [2.75, 3.05) is 26.2 Å². The lowest BCUT2D eigenvalue weighted by atomic mass is 10.0. The minimum absolute atomic E-state index is 0.119. The lowest BCUT2D eigenvalue weighted by molar-refractivity contribution is -0.274. The van der Waals surface area contributed by atoms with Crippen LogP contribution in [0.15, 0.2) is 24.3 Å². The van der Waals surface area contributed by atoms with Crippen molar-refractivity contribution in [1.82, 2.24) is 10.2 Å². The minimum atomic E-state index is -4.84. The minimum Gasteiger partial charge on any atom is -0.406 e. The van der Waals surface area contributed by atoms with Gasteiger partial charge < -0.3 is 10.1 Å². The Labute approximate surface area is 118 Å². The fraction of sp³-hybridized carbons (Fsp3) is 0.538. The van der Waals surface area contributed by atoms with Gasteiger partial charge in [0.15, 0.2) is 0 Å². The van der Waals surface area contributed by atoms with Crippen molar-refractivity contribution in [1.29, 1.82) is 0 Å². The molecule has 0 bridgehead atoms. The van der Waals surface area contributed by atoms with E-state index in [9.17, 15) is 22.0 Å². The predicted octanol–water partition coefficient (Wildman–Crippen LogP) is 2.80. The SMILES string of the molecule is FC(F)[C@H](c1cccc(OC(F)(F)F)c1)N1CCNCC1. The quantitative estimate of drug-likeness (QED) is 0.866. The van der Waals surface area contributed by atoms with E-state index in [4.69, 9.17) is 0 Å². The van der Waals surface area contributed by atoms with Crippen molar-refractivity contribution in [2.24, 2.45) is 0 Å². The van der Waals surface area contributed by atoms with Crippen LogP contribution in [0.1, 0.15) is 11.6 Å². The van der Waals surface area contributed by atoms with Gasteiger partial charge in [0.2, 0.25) is 0 Å². The highest BCUT2D eigenvalue weighted by molar-refractivity contribution is 5.31. The summed E-state index contributed by atoms with van der Waals surface area (Å²) in [6, 6.07) is 3.56. The number of piperazine rings is 1. The number of halogens is 5. The molecule has 3 nitrogen and oxygen atoms in total. The predicted molar refractivity (Wildman–Crippen MR) is 66.3 cm³/mol. The summed E-state index contributed by atoms with van der Waals surface area (Å²) < 4.78 is 67.0. The Bertz CT molecular complexity index is 460. The number of ether oxygens (including phenoxy) is 1. The largest absolute Gasteiger partial charge is 0.573 e. The van der Waals surface area contributed by atoms with Gasteiger partial charge in [0.1, 0.15) is 5.75 Å². The summed E-state index contributed by atoms with van der Waals surface area (Å²) in [5.41, 5.74) is 0.119. The second-order valence-corrected chi connectivity index (χ2v) is 4.69. The zero-order valence-corrected chi connectivity index (χ0v) is 11.0. The highest BCUT2D eigenvalue weighted by Gasteiger charge is 2.33. The summed E-state index contributed by atoms with van der Waals surface area (Å²) in [5.74, 6) is -0.485. The van der Waals surface area contributed by atoms with Crippen LogP contribution in [0, 0.1) is 0 Å². The van der Waals surface area contributed by atoms with Gasteiger partial charge in [0.05, 0.1) is 6.04 Å². The zero-order chi connectivity index (χ0) is 15.5. The maximum absolute atomic E-state index is 13.3. The van der Waals surface area contributed by atoms with Crippen LogP contribution < -0.4 is 10.1 Å². The van der Waals surface area contributed by atoms with E-state index in [1.165, 1.54) is 12.1 Å². The van der Waals surface area contributed by atoms with Gasteiger partial charge in [-0.1, -0.05) is 12.1 Å². The molecule has 0 saturated carbocycles. The summed E-state index contributed by atoms with van der Waals surface area (Å²) >= 11 is 0. The average molecular weight is 310 g/mol. The van der Waals surface area contributed by atoms with Crippen LogP contribution in [0.25, 0.3) is 0 Å². The summed E-state index contributed by atoms with van der Waals surface area (Å²) in [4.78, 5) is 1.56.